The molecule has 0 saturated heterocycles. The average molecular weight is 988 g/mol. The van der Waals surface area contributed by atoms with Crippen molar-refractivity contribution in [2.24, 2.45) is 0 Å². The zero-order valence-electron chi connectivity index (χ0n) is 42.9. The fourth-order valence-corrected chi connectivity index (χ4v) is 11.0. The summed E-state index contributed by atoms with van der Waals surface area (Å²) in [6, 6.07) is 102. The number of para-hydroxylation sites is 4. The van der Waals surface area contributed by atoms with Gasteiger partial charge in [0, 0.05) is 67.3 Å². The van der Waals surface area contributed by atoms with Crippen molar-refractivity contribution < 1.29 is 0 Å². The Kier molecular flexibility index (Phi) is 12.3. The zero-order chi connectivity index (χ0) is 51.7. The summed E-state index contributed by atoms with van der Waals surface area (Å²) in [5, 5.41) is 2.34. The summed E-state index contributed by atoms with van der Waals surface area (Å²) in [6.07, 6.45) is 0. The third-order valence-electron chi connectivity index (χ3n) is 14.6. The molecule has 13 aromatic rings. The first-order chi connectivity index (χ1) is 38.0. The van der Waals surface area contributed by atoms with E-state index in [0.717, 1.165) is 90.1 Å². The molecule has 2 heterocycles. The van der Waals surface area contributed by atoms with Gasteiger partial charge in [0.05, 0.1) is 22.4 Å². The summed E-state index contributed by atoms with van der Waals surface area (Å²) in [6.45, 7) is 4.49. The topological polar surface area (TPSA) is 37.2 Å². The summed E-state index contributed by atoms with van der Waals surface area (Å²) in [4.78, 5) is 14.7. The van der Waals surface area contributed by atoms with Gasteiger partial charge in [-0.25, -0.2) is 9.97 Å². The SMILES string of the molecule is Cc1cc(-n2c3ccc(N(c4ccccc4)c4ccccc4)cc3c3cc(N(c4ccccc4)c4ccccc4)ccc32)cc(C)c1-c1ccc(-c2ccc(-c3cc(-c4ccccc4)nc(-c4ccccc4)n3)cc2)cc1. The summed E-state index contributed by atoms with van der Waals surface area (Å²) in [5.41, 5.74) is 22.0. The molecule has 0 aliphatic heterocycles. The Morgan fingerprint density at radius 1 is 0.286 bits per heavy atom. The molecule has 13 rings (SSSR count). The second kappa shape index (κ2) is 20.3. The van der Waals surface area contributed by atoms with Crippen LogP contribution in [0.15, 0.2) is 285 Å². The molecule has 0 atom stereocenters. The Balaban J connectivity index is 0.871. The van der Waals surface area contributed by atoms with Gasteiger partial charge in [-0.2, -0.15) is 0 Å². The van der Waals surface area contributed by atoms with Crippen LogP contribution < -0.4 is 9.80 Å². The Hall–Kier alpha value is -10.1. The van der Waals surface area contributed by atoms with Gasteiger partial charge in [-0.3, -0.25) is 0 Å². The molecule has 0 unspecified atom stereocenters. The molecule has 2 aromatic heterocycles. The van der Waals surface area contributed by atoms with Gasteiger partial charge in [-0.1, -0.05) is 182 Å². The quantitative estimate of drug-likeness (QED) is 0.122. The van der Waals surface area contributed by atoms with Crippen molar-refractivity contribution in [1.29, 1.82) is 0 Å². The van der Waals surface area contributed by atoms with Gasteiger partial charge in [0.1, 0.15) is 0 Å². The monoisotopic (exact) mass is 987 g/mol. The molecule has 0 spiro atoms. The number of aromatic nitrogens is 3. The van der Waals surface area contributed by atoms with E-state index in [1.54, 1.807) is 0 Å². The van der Waals surface area contributed by atoms with E-state index in [9.17, 15) is 0 Å². The lowest BCUT2D eigenvalue weighted by Gasteiger charge is -2.26. The largest absolute Gasteiger partial charge is 0.310 e. The summed E-state index contributed by atoms with van der Waals surface area (Å²) in [7, 11) is 0. The maximum absolute atomic E-state index is 5.06. The van der Waals surface area contributed by atoms with Crippen LogP contribution in [-0.2, 0) is 0 Å². The van der Waals surface area contributed by atoms with Crippen LogP contribution in [0.25, 0.3) is 83.6 Å². The van der Waals surface area contributed by atoms with Crippen LogP contribution in [0.2, 0.25) is 0 Å². The van der Waals surface area contributed by atoms with Crippen molar-refractivity contribution in [3.63, 3.8) is 0 Å². The van der Waals surface area contributed by atoms with E-state index < -0.39 is 0 Å². The Bertz CT molecular complexity index is 3880. The fourth-order valence-electron chi connectivity index (χ4n) is 11.0. The smallest absolute Gasteiger partial charge is 0.160 e. The zero-order valence-corrected chi connectivity index (χ0v) is 42.9. The number of aryl methyl sites for hydroxylation is 2. The van der Waals surface area contributed by atoms with Crippen LogP contribution in [0, 0.1) is 13.8 Å². The van der Waals surface area contributed by atoms with Gasteiger partial charge >= 0.3 is 0 Å². The van der Waals surface area contributed by atoms with Crippen LogP contribution in [0.4, 0.5) is 34.1 Å². The minimum atomic E-state index is 0.711. The van der Waals surface area contributed by atoms with Crippen LogP contribution in [0.3, 0.4) is 0 Å². The molecule has 0 fully saturated rings. The molecule has 5 heteroatoms. The highest BCUT2D eigenvalue weighted by molar-refractivity contribution is 6.12. The van der Waals surface area contributed by atoms with Crippen molar-refractivity contribution in [1.82, 2.24) is 14.5 Å². The van der Waals surface area contributed by atoms with Crippen molar-refractivity contribution in [3.05, 3.63) is 296 Å². The third kappa shape index (κ3) is 9.11. The van der Waals surface area contributed by atoms with Crippen molar-refractivity contribution in [2.45, 2.75) is 13.8 Å². The van der Waals surface area contributed by atoms with Gasteiger partial charge in [-0.15, -0.1) is 0 Å². The van der Waals surface area contributed by atoms with Gasteiger partial charge in [0.2, 0.25) is 0 Å². The predicted octanol–water partition coefficient (Wildman–Crippen LogP) is 19.5. The molecule has 0 bridgehead atoms. The van der Waals surface area contributed by atoms with E-state index in [1.807, 2.05) is 36.4 Å². The normalized spacial score (nSPS) is 11.2. The predicted molar refractivity (Wildman–Crippen MR) is 322 cm³/mol. The number of anilines is 6. The lowest BCUT2D eigenvalue weighted by Crippen LogP contribution is -2.09. The summed E-state index contributed by atoms with van der Waals surface area (Å²) >= 11 is 0. The Morgan fingerprint density at radius 2 is 0.623 bits per heavy atom. The number of rotatable bonds is 12. The highest BCUT2D eigenvalue weighted by atomic mass is 15.1. The second-order valence-corrected chi connectivity index (χ2v) is 19.6. The van der Waals surface area contributed by atoms with Gasteiger partial charge < -0.3 is 14.4 Å². The molecule has 0 saturated carbocycles. The minimum absolute atomic E-state index is 0.711. The summed E-state index contributed by atoms with van der Waals surface area (Å²) < 4.78 is 2.45. The second-order valence-electron chi connectivity index (χ2n) is 19.6. The van der Waals surface area contributed by atoms with Crippen molar-refractivity contribution in [3.8, 4) is 61.8 Å². The number of benzene rings is 11. The van der Waals surface area contributed by atoms with E-state index >= 15 is 0 Å². The molecule has 77 heavy (non-hydrogen) atoms. The first kappa shape index (κ1) is 46.7. The van der Waals surface area contributed by atoms with E-state index in [1.165, 1.54) is 33.0 Å². The molecule has 0 amide bonds. The van der Waals surface area contributed by atoms with E-state index in [0.29, 0.717) is 5.82 Å². The van der Waals surface area contributed by atoms with E-state index in [2.05, 4.69) is 277 Å². The molecular weight excluding hydrogens is 935 g/mol. The fraction of sp³-hybridized carbons (Fsp3) is 0.0278. The highest BCUT2D eigenvalue weighted by Crippen LogP contribution is 2.44. The minimum Gasteiger partial charge on any atom is -0.310 e. The number of hydrogen-bond donors (Lipinski definition) is 0. The first-order valence-corrected chi connectivity index (χ1v) is 26.2. The molecule has 5 nitrogen and oxygen atoms in total. The van der Waals surface area contributed by atoms with Crippen LogP contribution >= 0.6 is 0 Å². The Morgan fingerprint density at radius 3 is 1.03 bits per heavy atom. The van der Waals surface area contributed by atoms with E-state index in [4.69, 9.17) is 9.97 Å². The molecule has 0 N–H and O–H groups in total. The Labute approximate surface area is 449 Å². The molecule has 0 aliphatic carbocycles. The summed E-state index contributed by atoms with van der Waals surface area (Å²) in [5.74, 6) is 0.711. The number of hydrogen-bond acceptors (Lipinski definition) is 4. The maximum Gasteiger partial charge on any atom is 0.160 e. The van der Waals surface area contributed by atoms with Crippen LogP contribution in [0.1, 0.15) is 11.1 Å². The van der Waals surface area contributed by atoms with E-state index in [-0.39, 0.29) is 0 Å². The molecule has 0 radical (unpaired) electrons. The van der Waals surface area contributed by atoms with Gasteiger partial charge in [-0.05, 0) is 150 Å². The van der Waals surface area contributed by atoms with Crippen molar-refractivity contribution in [2.75, 3.05) is 9.80 Å². The van der Waals surface area contributed by atoms with Crippen LogP contribution in [0.5, 0.6) is 0 Å². The molecular formula is C72H53N5. The lowest BCUT2D eigenvalue weighted by molar-refractivity contribution is 1.16. The maximum atomic E-state index is 5.06. The van der Waals surface area contributed by atoms with Crippen LogP contribution in [-0.4, -0.2) is 14.5 Å². The third-order valence-corrected chi connectivity index (χ3v) is 14.6. The molecule has 366 valence electrons. The standard InChI is InChI=1S/C72H53N5/c1-50-45-64(46-51(2)71(50)56-39-35-53(36-40-56)52-33-37-55(38-34-52)68-49-67(54-21-9-3-10-22-54)73-72(74-68)57-23-11-4-12-24-57)77-69-43-41-62(75(58-25-13-5-14-26-58)59-27-15-6-16-28-59)47-65(69)66-48-63(42-44-70(66)77)76(60-29-17-7-18-30-60)61-31-19-8-20-32-61/h3-49H,1-2H3. The number of nitrogens with zero attached hydrogens (tertiary/aromatic N) is 5. The first-order valence-electron chi connectivity index (χ1n) is 26.2. The lowest BCUT2D eigenvalue weighted by atomic mass is 9.93. The van der Waals surface area contributed by atoms with Gasteiger partial charge in [0.15, 0.2) is 5.82 Å². The molecule has 0 aliphatic rings. The van der Waals surface area contributed by atoms with Crippen molar-refractivity contribution >= 4 is 55.9 Å². The average Bonchev–Trinajstić information content (AvgIpc) is 3.99. The number of fused-ring (bicyclic) bond motifs is 3. The molecule has 11 aromatic carbocycles. The van der Waals surface area contributed by atoms with Gasteiger partial charge in [0.25, 0.3) is 0 Å². The highest BCUT2D eigenvalue weighted by Gasteiger charge is 2.21.